The zero-order valence-electron chi connectivity index (χ0n) is 12.0. The van der Waals surface area contributed by atoms with Crippen LogP contribution in [-0.4, -0.2) is 25.4 Å². The number of nitrogens with one attached hydrogen (secondary N) is 3. The second kappa shape index (κ2) is 7.21. The SMILES string of the molecule is CNC(=O)c1cccc(NCC(=O)Nc2ccccc2F)c1. The monoisotopic (exact) mass is 301 g/mol. The molecule has 0 saturated heterocycles. The molecule has 114 valence electrons. The number of anilines is 2. The lowest BCUT2D eigenvalue weighted by molar-refractivity contribution is -0.114. The molecule has 6 heteroatoms. The molecule has 0 aliphatic heterocycles. The van der Waals surface area contributed by atoms with E-state index in [2.05, 4.69) is 16.0 Å². The third-order valence-electron chi connectivity index (χ3n) is 2.95. The predicted octanol–water partition coefficient (Wildman–Crippen LogP) is 2.24. The van der Waals surface area contributed by atoms with Crippen LogP contribution in [0.15, 0.2) is 48.5 Å². The molecular weight excluding hydrogens is 285 g/mol. The Morgan fingerprint density at radius 2 is 1.86 bits per heavy atom. The molecule has 0 aliphatic rings. The molecule has 0 fully saturated rings. The summed E-state index contributed by atoms with van der Waals surface area (Å²) in [5, 5.41) is 7.89. The molecule has 5 nitrogen and oxygen atoms in total. The molecule has 0 bridgehead atoms. The molecule has 0 aliphatic carbocycles. The lowest BCUT2D eigenvalue weighted by atomic mass is 10.2. The van der Waals surface area contributed by atoms with Gasteiger partial charge in [0.15, 0.2) is 0 Å². The number of carbonyl (C=O) groups is 2. The maximum Gasteiger partial charge on any atom is 0.251 e. The van der Waals surface area contributed by atoms with Gasteiger partial charge in [-0.05, 0) is 30.3 Å². The lowest BCUT2D eigenvalue weighted by Crippen LogP contribution is -2.22. The number of benzene rings is 2. The first-order chi connectivity index (χ1) is 10.6. The second-order valence-electron chi connectivity index (χ2n) is 4.54. The van der Waals surface area contributed by atoms with Crippen LogP contribution in [0.5, 0.6) is 0 Å². The van der Waals surface area contributed by atoms with E-state index in [1.807, 2.05) is 0 Å². The molecule has 22 heavy (non-hydrogen) atoms. The summed E-state index contributed by atoms with van der Waals surface area (Å²) >= 11 is 0. The van der Waals surface area contributed by atoms with E-state index >= 15 is 0 Å². The normalized spacial score (nSPS) is 9.91. The van der Waals surface area contributed by atoms with E-state index in [1.165, 1.54) is 12.1 Å². The number of carbonyl (C=O) groups excluding carboxylic acids is 2. The summed E-state index contributed by atoms with van der Waals surface area (Å²) in [4.78, 5) is 23.3. The molecule has 0 saturated carbocycles. The lowest BCUT2D eigenvalue weighted by Gasteiger charge is -2.09. The van der Waals surface area contributed by atoms with Gasteiger partial charge in [0.25, 0.3) is 5.91 Å². The van der Waals surface area contributed by atoms with Crippen molar-refractivity contribution in [2.24, 2.45) is 0 Å². The molecule has 0 unspecified atom stereocenters. The molecule has 0 heterocycles. The zero-order valence-corrected chi connectivity index (χ0v) is 12.0. The first-order valence-corrected chi connectivity index (χ1v) is 6.70. The predicted molar refractivity (Wildman–Crippen MR) is 83.4 cm³/mol. The van der Waals surface area contributed by atoms with Crippen LogP contribution in [-0.2, 0) is 4.79 Å². The Hall–Kier alpha value is -2.89. The number of hydrogen-bond donors (Lipinski definition) is 3. The molecular formula is C16H16FN3O2. The van der Waals surface area contributed by atoms with E-state index < -0.39 is 5.82 Å². The maximum atomic E-state index is 13.4. The molecule has 2 amide bonds. The molecule has 0 aromatic heterocycles. The Labute approximate surface area is 127 Å². The summed E-state index contributed by atoms with van der Waals surface area (Å²) in [6, 6.07) is 12.7. The molecule has 2 aromatic rings. The fraction of sp³-hybridized carbons (Fsp3) is 0.125. The summed E-state index contributed by atoms with van der Waals surface area (Å²) in [6.45, 7) is -0.0362. The Kier molecular flexibility index (Phi) is 5.08. The fourth-order valence-electron chi connectivity index (χ4n) is 1.85. The van der Waals surface area contributed by atoms with Gasteiger partial charge in [-0.25, -0.2) is 4.39 Å². The van der Waals surface area contributed by atoms with E-state index in [1.54, 1.807) is 43.4 Å². The van der Waals surface area contributed by atoms with Crippen LogP contribution >= 0.6 is 0 Å². The van der Waals surface area contributed by atoms with Gasteiger partial charge in [-0.2, -0.15) is 0 Å². The van der Waals surface area contributed by atoms with Gasteiger partial charge in [0.1, 0.15) is 5.82 Å². The van der Waals surface area contributed by atoms with E-state index in [9.17, 15) is 14.0 Å². The summed E-state index contributed by atoms with van der Waals surface area (Å²) < 4.78 is 13.4. The standard InChI is InChI=1S/C16H16FN3O2/c1-18-16(22)11-5-4-6-12(9-11)19-10-15(21)20-14-8-3-2-7-13(14)17/h2-9,19H,10H2,1H3,(H,18,22)(H,20,21). The zero-order chi connectivity index (χ0) is 15.9. The number of halogens is 1. The highest BCUT2D eigenvalue weighted by Gasteiger charge is 2.07. The molecule has 0 radical (unpaired) electrons. The average molecular weight is 301 g/mol. The summed E-state index contributed by atoms with van der Waals surface area (Å²) in [5.41, 5.74) is 1.25. The van der Waals surface area contributed by atoms with Gasteiger partial charge in [0, 0.05) is 18.3 Å². The van der Waals surface area contributed by atoms with E-state index in [0.717, 1.165) is 0 Å². The number of amides is 2. The van der Waals surface area contributed by atoms with Gasteiger partial charge in [0.05, 0.1) is 12.2 Å². The molecule has 0 atom stereocenters. The minimum Gasteiger partial charge on any atom is -0.376 e. The van der Waals surface area contributed by atoms with Crippen LogP contribution < -0.4 is 16.0 Å². The highest BCUT2D eigenvalue weighted by Crippen LogP contribution is 2.13. The van der Waals surface area contributed by atoms with Crippen LogP contribution in [0, 0.1) is 5.82 Å². The van der Waals surface area contributed by atoms with Crippen LogP contribution in [0.1, 0.15) is 10.4 Å². The van der Waals surface area contributed by atoms with Crippen molar-refractivity contribution in [2.75, 3.05) is 24.2 Å². The highest BCUT2D eigenvalue weighted by molar-refractivity contribution is 5.96. The van der Waals surface area contributed by atoms with Gasteiger partial charge in [0.2, 0.25) is 5.91 Å². The van der Waals surface area contributed by atoms with E-state index in [0.29, 0.717) is 11.3 Å². The summed E-state index contributed by atoms with van der Waals surface area (Å²) in [5.74, 6) is -1.08. The van der Waals surface area contributed by atoms with Crippen molar-refractivity contribution in [1.29, 1.82) is 0 Å². The van der Waals surface area contributed by atoms with Gasteiger partial charge >= 0.3 is 0 Å². The van der Waals surface area contributed by atoms with Crippen molar-refractivity contribution in [2.45, 2.75) is 0 Å². The third kappa shape index (κ3) is 4.05. The van der Waals surface area contributed by atoms with Crippen molar-refractivity contribution < 1.29 is 14.0 Å². The van der Waals surface area contributed by atoms with Crippen molar-refractivity contribution in [3.05, 3.63) is 59.9 Å². The third-order valence-corrected chi connectivity index (χ3v) is 2.95. The Balaban J connectivity index is 1.94. The minimum atomic E-state index is -0.488. The number of para-hydroxylation sites is 1. The molecule has 3 N–H and O–H groups in total. The first-order valence-electron chi connectivity index (χ1n) is 6.70. The Morgan fingerprint density at radius 1 is 1.09 bits per heavy atom. The quantitative estimate of drug-likeness (QED) is 0.793. The first kappa shape index (κ1) is 15.5. The Morgan fingerprint density at radius 3 is 2.59 bits per heavy atom. The second-order valence-corrected chi connectivity index (χ2v) is 4.54. The van der Waals surface area contributed by atoms with E-state index in [-0.39, 0.29) is 24.0 Å². The van der Waals surface area contributed by atoms with Crippen molar-refractivity contribution >= 4 is 23.2 Å². The molecule has 2 rings (SSSR count). The summed E-state index contributed by atoms with van der Waals surface area (Å²) in [6.07, 6.45) is 0. The van der Waals surface area contributed by atoms with E-state index in [4.69, 9.17) is 0 Å². The topological polar surface area (TPSA) is 70.2 Å². The van der Waals surface area contributed by atoms with Gasteiger partial charge in [-0.1, -0.05) is 18.2 Å². The summed E-state index contributed by atoms with van der Waals surface area (Å²) in [7, 11) is 1.55. The number of hydrogen-bond acceptors (Lipinski definition) is 3. The van der Waals surface area contributed by atoms with Gasteiger partial charge in [-0.3, -0.25) is 9.59 Å². The fourth-order valence-corrected chi connectivity index (χ4v) is 1.85. The molecule has 2 aromatic carbocycles. The van der Waals surface area contributed by atoms with Crippen LogP contribution in [0.4, 0.5) is 15.8 Å². The average Bonchev–Trinajstić information content (AvgIpc) is 2.54. The number of rotatable bonds is 5. The van der Waals surface area contributed by atoms with Crippen LogP contribution in [0.2, 0.25) is 0 Å². The smallest absolute Gasteiger partial charge is 0.251 e. The maximum absolute atomic E-state index is 13.4. The van der Waals surface area contributed by atoms with Crippen molar-refractivity contribution in [3.8, 4) is 0 Å². The highest BCUT2D eigenvalue weighted by atomic mass is 19.1. The van der Waals surface area contributed by atoms with Crippen molar-refractivity contribution in [3.63, 3.8) is 0 Å². The van der Waals surface area contributed by atoms with Crippen LogP contribution in [0.25, 0.3) is 0 Å². The minimum absolute atomic E-state index is 0.0362. The van der Waals surface area contributed by atoms with Gasteiger partial charge < -0.3 is 16.0 Å². The Bertz CT molecular complexity index is 689. The molecule has 0 spiro atoms. The van der Waals surface area contributed by atoms with Crippen molar-refractivity contribution in [1.82, 2.24) is 5.32 Å². The van der Waals surface area contributed by atoms with Crippen LogP contribution in [0.3, 0.4) is 0 Å². The largest absolute Gasteiger partial charge is 0.376 e. The van der Waals surface area contributed by atoms with Gasteiger partial charge in [-0.15, -0.1) is 0 Å².